The fraction of sp³-hybridized carbons (Fsp3) is 0.875. The van der Waals surface area contributed by atoms with E-state index in [2.05, 4.69) is 13.8 Å². The molecule has 1 amide bonds. The summed E-state index contributed by atoms with van der Waals surface area (Å²) in [6.07, 6.45) is 5.48. The van der Waals surface area contributed by atoms with Crippen LogP contribution in [0.4, 0.5) is 0 Å². The number of carbonyl (C=O) groups excluding carboxylic acids is 1. The molecule has 3 rings (SSSR count). The van der Waals surface area contributed by atoms with Crippen LogP contribution < -0.4 is 5.73 Å². The Balaban J connectivity index is 1.71. The number of fused-ring (bicyclic) bond motifs is 1. The number of nitrogens with two attached hydrogens (primary N) is 1. The van der Waals surface area contributed by atoms with Crippen LogP contribution in [0.2, 0.25) is 0 Å². The highest BCUT2D eigenvalue weighted by molar-refractivity contribution is 5.88. The van der Waals surface area contributed by atoms with E-state index in [4.69, 9.17) is 5.73 Å². The maximum Gasteiger partial charge on any atom is 0.326 e. The molecule has 5 nitrogen and oxygen atoms in total. The molecular formula is C16H26N2O3. The van der Waals surface area contributed by atoms with E-state index < -0.39 is 18.1 Å². The topological polar surface area (TPSA) is 83.6 Å². The third-order valence-corrected chi connectivity index (χ3v) is 6.19. The summed E-state index contributed by atoms with van der Waals surface area (Å²) in [4.78, 5) is 25.8. The van der Waals surface area contributed by atoms with Crippen molar-refractivity contribution in [3.05, 3.63) is 0 Å². The molecule has 3 aliphatic rings. The van der Waals surface area contributed by atoms with Crippen LogP contribution in [0.25, 0.3) is 0 Å². The molecule has 5 heteroatoms. The predicted molar refractivity (Wildman–Crippen MR) is 78.4 cm³/mol. The first-order valence-corrected chi connectivity index (χ1v) is 8.14. The lowest BCUT2D eigenvalue weighted by Gasteiger charge is -2.34. The van der Waals surface area contributed by atoms with Gasteiger partial charge in [-0.2, -0.15) is 0 Å². The van der Waals surface area contributed by atoms with Crippen LogP contribution in [-0.4, -0.2) is 40.5 Å². The van der Waals surface area contributed by atoms with E-state index >= 15 is 0 Å². The largest absolute Gasteiger partial charge is 0.480 e. The highest BCUT2D eigenvalue weighted by atomic mass is 16.4. The molecular weight excluding hydrogens is 268 g/mol. The third kappa shape index (κ3) is 2.26. The molecule has 1 aliphatic heterocycles. The van der Waals surface area contributed by atoms with Crippen molar-refractivity contribution in [1.29, 1.82) is 0 Å². The third-order valence-electron chi connectivity index (χ3n) is 6.19. The number of carbonyl (C=O) groups is 2. The van der Waals surface area contributed by atoms with Crippen molar-refractivity contribution < 1.29 is 14.7 Å². The molecule has 3 fully saturated rings. The van der Waals surface area contributed by atoms with Crippen molar-refractivity contribution in [2.24, 2.45) is 28.9 Å². The van der Waals surface area contributed by atoms with Crippen molar-refractivity contribution in [2.75, 3.05) is 6.54 Å². The summed E-state index contributed by atoms with van der Waals surface area (Å²) in [6, 6.07) is -1.19. The van der Waals surface area contributed by atoms with E-state index in [1.165, 1.54) is 6.42 Å². The number of nitrogens with zero attached hydrogens (tertiary/aromatic N) is 1. The molecule has 0 bridgehead atoms. The molecule has 4 atom stereocenters. The number of likely N-dealkylation sites (tertiary alicyclic amines) is 1. The molecule has 118 valence electrons. The number of carboxylic acid groups (broad SMARTS) is 1. The number of aliphatic carboxylic acids is 1. The molecule has 1 saturated heterocycles. The van der Waals surface area contributed by atoms with E-state index in [-0.39, 0.29) is 23.2 Å². The van der Waals surface area contributed by atoms with Crippen LogP contribution >= 0.6 is 0 Å². The van der Waals surface area contributed by atoms with Crippen LogP contribution in [0.15, 0.2) is 0 Å². The van der Waals surface area contributed by atoms with Gasteiger partial charge < -0.3 is 15.7 Å². The van der Waals surface area contributed by atoms with Gasteiger partial charge in [-0.05, 0) is 30.1 Å². The molecule has 0 aromatic heterocycles. The Morgan fingerprint density at radius 1 is 1.24 bits per heavy atom. The van der Waals surface area contributed by atoms with Crippen LogP contribution in [0.1, 0.15) is 46.0 Å². The van der Waals surface area contributed by atoms with Gasteiger partial charge in [-0.25, -0.2) is 4.79 Å². The molecule has 21 heavy (non-hydrogen) atoms. The van der Waals surface area contributed by atoms with Crippen molar-refractivity contribution in [3.8, 4) is 0 Å². The number of carboxylic acids is 1. The Kier molecular flexibility index (Phi) is 3.51. The van der Waals surface area contributed by atoms with Crippen molar-refractivity contribution >= 4 is 11.9 Å². The average Bonchev–Trinajstić information content (AvgIpc) is 2.85. The second-order valence-corrected chi connectivity index (χ2v) is 7.65. The highest BCUT2D eigenvalue weighted by Crippen LogP contribution is 2.64. The van der Waals surface area contributed by atoms with E-state index in [1.807, 2.05) is 0 Å². The zero-order valence-electron chi connectivity index (χ0n) is 12.9. The highest BCUT2D eigenvalue weighted by Gasteiger charge is 2.69. The van der Waals surface area contributed by atoms with Crippen LogP contribution in [0.5, 0.6) is 0 Å². The summed E-state index contributed by atoms with van der Waals surface area (Å²) in [5, 5.41) is 9.52. The van der Waals surface area contributed by atoms with E-state index in [1.54, 1.807) is 4.90 Å². The fourth-order valence-corrected chi connectivity index (χ4v) is 4.68. The minimum absolute atomic E-state index is 0.0504. The van der Waals surface area contributed by atoms with Gasteiger partial charge in [0.2, 0.25) is 5.91 Å². The lowest BCUT2D eigenvalue weighted by atomic mass is 9.83. The molecule has 0 spiro atoms. The Bertz CT molecular complexity index is 456. The van der Waals surface area contributed by atoms with Crippen LogP contribution in [0.3, 0.4) is 0 Å². The Labute approximate surface area is 125 Å². The van der Waals surface area contributed by atoms with Crippen LogP contribution in [0, 0.1) is 23.2 Å². The first-order chi connectivity index (χ1) is 9.85. The first-order valence-electron chi connectivity index (χ1n) is 8.14. The van der Waals surface area contributed by atoms with Crippen molar-refractivity contribution in [2.45, 2.75) is 58.0 Å². The Hall–Kier alpha value is -1.10. The Morgan fingerprint density at radius 2 is 1.86 bits per heavy atom. The lowest BCUT2D eigenvalue weighted by molar-refractivity contribution is -0.151. The van der Waals surface area contributed by atoms with Crippen molar-refractivity contribution in [3.63, 3.8) is 0 Å². The fourth-order valence-electron chi connectivity index (χ4n) is 4.68. The standard InChI is InChI=1S/C16H26N2O3/c1-16(2)10-8-18(13(11(10)16)15(20)21)14(19)12(17)9-6-4-3-5-7-9/h9-13H,3-8,17H2,1-2H3,(H,20,21)/t10-,11-,12-,13-/m0/s1. The number of hydrogen-bond acceptors (Lipinski definition) is 3. The quantitative estimate of drug-likeness (QED) is 0.825. The van der Waals surface area contributed by atoms with Gasteiger partial charge in [0, 0.05) is 12.5 Å². The monoisotopic (exact) mass is 294 g/mol. The summed E-state index contributed by atoms with van der Waals surface area (Å²) < 4.78 is 0. The lowest BCUT2D eigenvalue weighted by Crippen LogP contribution is -2.53. The van der Waals surface area contributed by atoms with Gasteiger partial charge in [0.15, 0.2) is 0 Å². The van der Waals surface area contributed by atoms with E-state index in [0.29, 0.717) is 12.5 Å². The molecule has 2 aliphatic carbocycles. The summed E-state index contributed by atoms with van der Waals surface area (Å²) in [5.41, 5.74) is 6.23. The first kappa shape index (κ1) is 14.8. The number of rotatable bonds is 3. The summed E-state index contributed by atoms with van der Waals surface area (Å²) >= 11 is 0. The van der Waals surface area contributed by atoms with Gasteiger partial charge in [-0.3, -0.25) is 4.79 Å². The minimum atomic E-state index is -0.878. The minimum Gasteiger partial charge on any atom is -0.480 e. The zero-order chi connectivity index (χ0) is 15.4. The number of amides is 1. The van der Waals surface area contributed by atoms with Gasteiger partial charge >= 0.3 is 5.97 Å². The van der Waals surface area contributed by atoms with Gasteiger partial charge in [0.1, 0.15) is 6.04 Å². The Morgan fingerprint density at radius 3 is 2.43 bits per heavy atom. The van der Waals surface area contributed by atoms with E-state index in [9.17, 15) is 14.7 Å². The molecule has 0 radical (unpaired) electrons. The average molecular weight is 294 g/mol. The summed E-state index contributed by atoms with van der Waals surface area (Å²) in [7, 11) is 0. The number of hydrogen-bond donors (Lipinski definition) is 2. The van der Waals surface area contributed by atoms with Gasteiger partial charge in [-0.1, -0.05) is 33.1 Å². The summed E-state index contributed by atoms with van der Waals surface area (Å²) in [5.74, 6) is -0.376. The second kappa shape index (κ2) is 4.97. The SMILES string of the molecule is CC1(C)[C@@H]2[C@@H](C(=O)O)N(C(=O)[C@@H](N)C3CCCCC3)C[C@@H]21. The van der Waals surface area contributed by atoms with Crippen LogP contribution in [-0.2, 0) is 9.59 Å². The molecule has 3 N–H and O–H groups in total. The smallest absolute Gasteiger partial charge is 0.326 e. The second-order valence-electron chi connectivity index (χ2n) is 7.65. The molecule has 0 aromatic carbocycles. The van der Waals surface area contributed by atoms with E-state index in [0.717, 1.165) is 25.7 Å². The molecule has 0 unspecified atom stereocenters. The van der Waals surface area contributed by atoms with Gasteiger partial charge in [-0.15, -0.1) is 0 Å². The van der Waals surface area contributed by atoms with Crippen molar-refractivity contribution in [1.82, 2.24) is 4.90 Å². The van der Waals surface area contributed by atoms with Gasteiger partial charge in [0.05, 0.1) is 6.04 Å². The molecule has 1 heterocycles. The maximum atomic E-state index is 12.7. The molecule has 0 aromatic rings. The number of piperidine rings is 1. The zero-order valence-corrected chi connectivity index (χ0v) is 12.9. The molecule has 2 saturated carbocycles. The summed E-state index contributed by atoms with van der Waals surface area (Å²) in [6.45, 7) is 4.76. The normalized spacial score (nSPS) is 36.1. The predicted octanol–water partition coefficient (Wildman–Crippen LogP) is 1.46. The van der Waals surface area contributed by atoms with Gasteiger partial charge in [0.25, 0.3) is 0 Å². The maximum absolute atomic E-state index is 12.7.